The maximum Gasteiger partial charge on any atom is 0.189 e. The second-order valence-electron chi connectivity index (χ2n) is 5.51. The van der Waals surface area contributed by atoms with Gasteiger partial charge in [0.15, 0.2) is 11.9 Å². The van der Waals surface area contributed by atoms with E-state index in [4.69, 9.17) is 9.47 Å². The number of imidazole rings is 1. The van der Waals surface area contributed by atoms with Crippen LogP contribution < -0.4 is 4.74 Å². The summed E-state index contributed by atoms with van der Waals surface area (Å²) >= 11 is 4.98. The molecule has 3 aromatic rings. The molecule has 0 saturated carbocycles. The molecule has 1 aromatic heterocycles. The van der Waals surface area contributed by atoms with Crippen molar-refractivity contribution in [1.82, 2.24) is 9.55 Å². The lowest BCUT2D eigenvalue weighted by molar-refractivity contribution is -0.0171. The van der Waals surface area contributed by atoms with Gasteiger partial charge in [0, 0.05) is 39.4 Å². The van der Waals surface area contributed by atoms with Crippen LogP contribution in [0.15, 0.2) is 58.4 Å². The number of aromatic nitrogens is 2. The van der Waals surface area contributed by atoms with Crippen LogP contribution in [0.1, 0.15) is 11.1 Å². The summed E-state index contributed by atoms with van der Waals surface area (Å²) in [4.78, 5) is 4.42. The van der Waals surface area contributed by atoms with Crippen molar-refractivity contribution in [3.8, 4) is 11.4 Å². The van der Waals surface area contributed by atoms with Crippen molar-refractivity contribution < 1.29 is 13.9 Å². The fourth-order valence-electron chi connectivity index (χ4n) is 2.70. The van der Waals surface area contributed by atoms with Gasteiger partial charge in [-0.2, -0.15) is 0 Å². The predicted molar refractivity (Wildman–Crippen MR) is 97.5 cm³/mol. The number of nitrogens with zero attached hydrogens (tertiary/aromatic N) is 2. The van der Waals surface area contributed by atoms with Crippen LogP contribution in [0.25, 0.3) is 5.69 Å². The van der Waals surface area contributed by atoms with Gasteiger partial charge in [-0.1, -0.05) is 27.7 Å². The summed E-state index contributed by atoms with van der Waals surface area (Å²) in [7, 11) is 0. The highest BCUT2D eigenvalue weighted by Gasteiger charge is 2.18. The zero-order chi connectivity index (χ0) is 17.2. The fourth-order valence-corrected chi connectivity index (χ4v) is 3.91. The third-order valence-corrected chi connectivity index (χ3v) is 5.36. The molecule has 0 fully saturated rings. The van der Waals surface area contributed by atoms with E-state index in [9.17, 15) is 4.39 Å². The number of halogens is 2. The average molecular weight is 421 g/mol. The van der Waals surface area contributed by atoms with E-state index < -0.39 is 0 Å². The summed E-state index contributed by atoms with van der Waals surface area (Å²) < 4.78 is 27.7. The summed E-state index contributed by atoms with van der Waals surface area (Å²) in [6.45, 7) is 0.572. The van der Waals surface area contributed by atoms with E-state index in [-0.39, 0.29) is 12.6 Å². The summed E-state index contributed by atoms with van der Waals surface area (Å²) in [6.07, 6.45) is 3.67. The highest BCUT2D eigenvalue weighted by atomic mass is 79.9. The molecule has 0 spiro atoms. The van der Waals surface area contributed by atoms with Gasteiger partial charge in [0.1, 0.15) is 11.6 Å². The summed E-state index contributed by atoms with van der Waals surface area (Å²) in [5.74, 6) is 1.01. The van der Waals surface area contributed by atoms with Gasteiger partial charge in [-0.25, -0.2) is 9.37 Å². The largest absolute Gasteiger partial charge is 0.467 e. The minimum absolute atomic E-state index is 0.198. The lowest BCUT2D eigenvalue weighted by Gasteiger charge is -2.20. The van der Waals surface area contributed by atoms with Crippen molar-refractivity contribution >= 4 is 27.7 Å². The van der Waals surface area contributed by atoms with Crippen LogP contribution in [0.3, 0.4) is 0 Å². The lowest BCUT2D eigenvalue weighted by atomic mass is 10.1. The topological polar surface area (TPSA) is 36.3 Å². The molecule has 4 nitrogen and oxygen atoms in total. The molecule has 7 heteroatoms. The number of ether oxygens (including phenoxy) is 2. The Kier molecular flexibility index (Phi) is 4.78. The quantitative estimate of drug-likeness (QED) is 0.560. The number of benzene rings is 2. The van der Waals surface area contributed by atoms with Crippen LogP contribution in [0.4, 0.5) is 4.39 Å². The van der Waals surface area contributed by atoms with E-state index >= 15 is 0 Å². The molecule has 0 amide bonds. The number of rotatable bonds is 4. The molecule has 0 N–H and O–H groups in total. The molecule has 2 aromatic carbocycles. The van der Waals surface area contributed by atoms with Crippen LogP contribution in [-0.2, 0) is 17.1 Å². The molecule has 0 unspecified atom stereocenters. The van der Waals surface area contributed by atoms with E-state index in [1.807, 2.05) is 35.0 Å². The molecule has 0 radical (unpaired) electrons. The normalized spacial score (nSPS) is 13.4. The molecule has 0 atom stereocenters. The summed E-state index contributed by atoms with van der Waals surface area (Å²) in [5, 5.41) is 0.840. The minimum atomic E-state index is -0.278. The van der Waals surface area contributed by atoms with Gasteiger partial charge < -0.3 is 9.47 Å². The number of thioether (sulfide) groups is 1. The number of hydrogen-bond acceptors (Lipinski definition) is 4. The van der Waals surface area contributed by atoms with Crippen LogP contribution in [0.5, 0.6) is 5.75 Å². The lowest BCUT2D eigenvalue weighted by Crippen LogP contribution is -2.13. The second-order valence-corrected chi connectivity index (χ2v) is 7.37. The van der Waals surface area contributed by atoms with Crippen molar-refractivity contribution in [2.45, 2.75) is 17.5 Å². The molecular weight excluding hydrogens is 407 g/mol. The zero-order valence-electron chi connectivity index (χ0n) is 13.1. The van der Waals surface area contributed by atoms with Crippen LogP contribution in [-0.4, -0.2) is 16.3 Å². The van der Waals surface area contributed by atoms with Gasteiger partial charge in [-0.3, -0.25) is 4.57 Å². The molecule has 0 aliphatic carbocycles. The second kappa shape index (κ2) is 7.19. The van der Waals surface area contributed by atoms with Crippen molar-refractivity contribution in [3.05, 3.63) is 70.2 Å². The SMILES string of the molecule is Fc1cc2c(c(CSc3nccn3-c3ccc(Br)cc3)c1)OCOC2. The molecule has 1 aliphatic rings. The first-order valence-electron chi connectivity index (χ1n) is 7.64. The van der Waals surface area contributed by atoms with Crippen LogP contribution in [0, 0.1) is 5.82 Å². The van der Waals surface area contributed by atoms with Gasteiger partial charge in [-0.15, -0.1) is 0 Å². The van der Waals surface area contributed by atoms with Crippen molar-refractivity contribution in [1.29, 1.82) is 0 Å². The number of hydrogen-bond donors (Lipinski definition) is 0. The first-order valence-corrected chi connectivity index (χ1v) is 9.42. The summed E-state index contributed by atoms with van der Waals surface area (Å²) in [6, 6.07) is 11.0. The first-order chi connectivity index (χ1) is 12.2. The first kappa shape index (κ1) is 16.6. The number of fused-ring (bicyclic) bond motifs is 1. The Morgan fingerprint density at radius 1 is 1.24 bits per heavy atom. The maximum absolute atomic E-state index is 13.9. The van der Waals surface area contributed by atoms with Gasteiger partial charge in [0.05, 0.1) is 6.61 Å². The Labute approximate surface area is 157 Å². The molecule has 0 bridgehead atoms. The van der Waals surface area contributed by atoms with E-state index in [1.54, 1.807) is 18.0 Å². The van der Waals surface area contributed by atoms with Gasteiger partial charge in [-0.05, 0) is 36.4 Å². The Morgan fingerprint density at radius 2 is 2.08 bits per heavy atom. The van der Waals surface area contributed by atoms with Crippen molar-refractivity contribution in [3.63, 3.8) is 0 Å². The Balaban J connectivity index is 1.58. The van der Waals surface area contributed by atoms with E-state index in [2.05, 4.69) is 20.9 Å². The monoisotopic (exact) mass is 420 g/mol. The fraction of sp³-hybridized carbons (Fsp3) is 0.167. The molecule has 128 valence electrons. The summed E-state index contributed by atoms with van der Waals surface area (Å²) in [5.41, 5.74) is 2.58. The highest BCUT2D eigenvalue weighted by molar-refractivity contribution is 9.10. The Hall–Kier alpha value is -1.83. The highest BCUT2D eigenvalue weighted by Crippen LogP contribution is 2.34. The molecule has 4 rings (SSSR count). The predicted octanol–water partition coefficient (Wildman–Crippen LogP) is 4.93. The van der Waals surface area contributed by atoms with E-state index in [1.165, 1.54) is 12.1 Å². The average Bonchev–Trinajstić information content (AvgIpc) is 3.08. The molecule has 1 aliphatic heterocycles. The van der Waals surface area contributed by atoms with Crippen molar-refractivity contribution in [2.75, 3.05) is 6.79 Å². The Morgan fingerprint density at radius 3 is 2.92 bits per heavy atom. The Bertz CT molecular complexity index is 899. The zero-order valence-corrected chi connectivity index (χ0v) is 15.5. The van der Waals surface area contributed by atoms with E-state index in [0.717, 1.165) is 32.2 Å². The maximum atomic E-state index is 13.9. The van der Waals surface area contributed by atoms with Gasteiger partial charge in [0.25, 0.3) is 0 Å². The standard InChI is InChI=1S/C18H14BrFN2O2S/c19-14-1-3-16(4-2-14)22-6-5-21-18(22)25-10-13-8-15(20)7-12-9-23-11-24-17(12)13/h1-8H,9-11H2. The smallest absolute Gasteiger partial charge is 0.189 e. The molecule has 2 heterocycles. The molecule has 25 heavy (non-hydrogen) atoms. The van der Waals surface area contributed by atoms with E-state index in [0.29, 0.717) is 12.4 Å². The van der Waals surface area contributed by atoms with Crippen LogP contribution in [0.2, 0.25) is 0 Å². The molecular formula is C18H14BrFN2O2S. The molecule has 0 saturated heterocycles. The minimum Gasteiger partial charge on any atom is -0.467 e. The van der Waals surface area contributed by atoms with Crippen molar-refractivity contribution in [2.24, 2.45) is 0 Å². The third kappa shape index (κ3) is 3.58. The van der Waals surface area contributed by atoms with Gasteiger partial charge >= 0.3 is 0 Å². The van der Waals surface area contributed by atoms with Gasteiger partial charge in [0.2, 0.25) is 0 Å². The van der Waals surface area contributed by atoms with Crippen LogP contribution >= 0.6 is 27.7 Å². The third-order valence-electron chi connectivity index (χ3n) is 3.82.